The van der Waals surface area contributed by atoms with Gasteiger partial charge in [0.1, 0.15) is 12.4 Å². The third-order valence-corrected chi connectivity index (χ3v) is 4.18. The van der Waals surface area contributed by atoms with Gasteiger partial charge in [-0.3, -0.25) is 4.79 Å². The molecular weight excluding hydrogens is 366 g/mol. The molecule has 1 fully saturated rings. The largest absolute Gasteiger partial charge is 0.478 e. The molecule has 1 aliphatic rings. The van der Waals surface area contributed by atoms with E-state index >= 15 is 0 Å². The lowest BCUT2D eigenvalue weighted by atomic mass is 10.1. The molecule has 1 aromatic carbocycles. The number of carboxylic acids is 1. The van der Waals surface area contributed by atoms with Gasteiger partial charge in [-0.1, -0.05) is 28.1 Å². The van der Waals surface area contributed by atoms with Crippen molar-refractivity contribution < 1.29 is 23.8 Å². The molecule has 1 amide bonds. The molecule has 1 aliphatic heterocycles. The van der Waals surface area contributed by atoms with Gasteiger partial charge in [-0.15, -0.1) is 0 Å². The predicted molar refractivity (Wildman–Crippen MR) is 84.4 cm³/mol. The van der Waals surface area contributed by atoms with Gasteiger partial charge in [0.15, 0.2) is 5.76 Å². The van der Waals surface area contributed by atoms with Gasteiger partial charge in [-0.25, -0.2) is 4.79 Å². The summed E-state index contributed by atoms with van der Waals surface area (Å²) >= 11 is 3.38. The second kappa shape index (κ2) is 6.55. The first kappa shape index (κ1) is 15.8. The van der Waals surface area contributed by atoms with Crippen LogP contribution < -0.4 is 0 Å². The lowest BCUT2D eigenvalue weighted by molar-refractivity contribution is -0.0237. The fourth-order valence-electron chi connectivity index (χ4n) is 2.43. The first-order valence-corrected chi connectivity index (χ1v) is 7.82. The number of halogens is 1. The Kier molecular flexibility index (Phi) is 4.49. The Morgan fingerprint density at radius 2 is 2.00 bits per heavy atom. The summed E-state index contributed by atoms with van der Waals surface area (Å²) in [4.78, 5) is 24.9. The van der Waals surface area contributed by atoms with E-state index in [2.05, 4.69) is 15.9 Å². The van der Waals surface area contributed by atoms with Crippen molar-refractivity contribution in [1.82, 2.24) is 4.90 Å². The lowest BCUT2D eigenvalue weighted by Crippen LogP contribution is -2.42. The second-order valence-electron chi connectivity index (χ2n) is 5.17. The molecule has 0 bridgehead atoms. The third-order valence-electron chi connectivity index (χ3n) is 3.65. The number of ether oxygens (including phenoxy) is 1. The highest BCUT2D eigenvalue weighted by atomic mass is 79.9. The van der Waals surface area contributed by atoms with Crippen LogP contribution in [-0.2, 0) is 4.74 Å². The van der Waals surface area contributed by atoms with Crippen LogP contribution in [0.4, 0.5) is 0 Å². The normalized spacial score (nSPS) is 18.0. The van der Waals surface area contributed by atoms with Crippen LogP contribution >= 0.6 is 15.9 Å². The molecule has 3 rings (SSSR count). The van der Waals surface area contributed by atoms with E-state index < -0.39 is 5.97 Å². The van der Waals surface area contributed by atoms with Crippen LogP contribution in [-0.4, -0.2) is 41.6 Å². The minimum Gasteiger partial charge on any atom is -0.478 e. The average Bonchev–Trinajstić information content (AvgIpc) is 3.05. The van der Waals surface area contributed by atoms with E-state index in [-0.39, 0.29) is 23.3 Å². The summed E-state index contributed by atoms with van der Waals surface area (Å²) in [6, 6.07) is 8.97. The number of amides is 1. The van der Waals surface area contributed by atoms with Gasteiger partial charge >= 0.3 is 5.97 Å². The Morgan fingerprint density at radius 1 is 1.26 bits per heavy atom. The number of rotatable bonds is 3. The molecule has 2 aromatic rings. The number of aromatic carboxylic acids is 1. The van der Waals surface area contributed by atoms with Crippen LogP contribution in [0.5, 0.6) is 0 Å². The third kappa shape index (κ3) is 3.46. The molecular formula is C16H14BrNO5. The van der Waals surface area contributed by atoms with Crippen LogP contribution in [0.1, 0.15) is 32.6 Å². The Balaban J connectivity index is 1.73. The molecule has 1 unspecified atom stereocenters. The number of carbonyl (C=O) groups excluding carboxylic acids is 1. The number of nitrogens with zero attached hydrogens (tertiary/aromatic N) is 1. The summed E-state index contributed by atoms with van der Waals surface area (Å²) in [5.74, 6) is -1.43. The zero-order chi connectivity index (χ0) is 16.4. The quantitative estimate of drug-likeness (QED) is 0.886. The van der Waals surface area contributed by atoms with E-state index in [0.29, 0.717) is 19.7 Å². The van der Waals surface area contributed by atoms with Crippen molar-refractivity contribution in [3.05, 3.63) is 58.0 Å². The van der Waals surface area contributed by atoms with Gasteiger partial charge < -0.3 is 19.2 Å². The molecule has 6 nitrogen and oxygen atoms in total. The van der Waals surface area contributed by atoms with E-state index in [9.17, 15) is 9.59 Å². The molecule has 7 heteroatoms. The Hall–Kier alpha value is -2.12. The Bertz CT molecular complexity index is 724. The molecule has 0 spiro atoms. The second-order valence-corrected chi connectivity index (χ2v) is 6.08. The maximum absolute atomic E-state index is 12.4. The van der Waals surface area contributed by atoms with Crippen molar-refractivity contribution in [3.8, 4) is 0 Å². The van der Waals surface area contributed by atoms with Gasteiger partial charge in [-0.05, 0) is 17.7 Å². The van der Waals surface area contributed by atoms with Crippen molar-refractivity contribution in [3.63, 3.8) is 0 Å². The van der Waals surface area contributed by atoms with E-state index in [1.165, 1.54) is 6.07 Å². The predicted octanol–water partition coefficient (Wildman–Crippen LogP) is 2.95. The number of hydrogen-bond donors (Lipinski definition) is 1. The maximum atomic E-state index is 12.4. The molecule has 1 saturated heterocycles. The van der Waals surface area contributed by atoms with E-state index in [1.807, 2.05) is 24.3 Å². The minimum atomic E-state index is -1.12. The number of carboxylic acid groups (broad SMARTS) is 1. The van der Waals surface area contributed by atoms with Crippen molar-refractivity contribution in [2.45, 2.75) is 6.10 Å². The Labute approximate surface area is 140 Å². The molecule has 1 aromatic heterocycles. The molecule has 0 saturated carbocycles. The number of benzene rings is 1. The Morgan fingerprint density at radius 3 is 2.65 bits per heavy atom. The summed E-state index contributed by atoms with van der Waals surface area (Å²) in [6.45, 7) is 1.25. The first-order valence-electron chi connectivity index (χ1n) is 7.03. The fraction of sp³-hybridized carbons (Fsp3) is 0.250. The van der Waals surface area contributed by atoms with Crippen LogP contribution in [0.15, 0.2) is 45.5 Å². The van der Waals surface area contributed by atoms with Crippen molar-refractivity contribution in [2.75, 3.05) is 19.7 Å². The summed E-state index contributed by atoms with van der Waals surface area (Å²) in [5.41, 5.74) is 0.947. The van der Waals surface area contributed by atoms with Gasteiger partial charge in [0, 0.05) is 17.1 Å². The number of carbonyl (C=O) groups is 2. The molecule has 2 heterocycles. The summed E-state index contributed by atoms with van der Waals surface area (Å²) < 4.78 is 11.8. The van der Waals surface area contributed by atoms with Crippen molar-refractivity contribution >= 4 is 27.8 Å². The van der Waals surface area contributed by atoms with E-state index in [4.69, 9.17) is 14.3 Å². The van der Waals surface area contributed by atoms with Crippen molar-refractivity contribution in [2.24, 2.45) is 0 Å². The van der Waals surface area contributed by atoms with Crippen molar-refractivity contribution in [1.29, 1.82) is 0 Å². The molecule has 0 aliphatic carbocycles. The van der Waals surface area contributed by atoms with Gasteiger partial charge in [0.25, 0.3) is 5.91 Å². The van der Waals surface area contributed by atoms with Crippen LogP contribution in [0.3, 0.4) is 0 Å². The number of furan rings is 1. The smallest absolute Gasteiger partial charge is 0.338 e. The zero-order valence-corrected chi connectivity index (χ0v) is 13.7. The summed E-state index contributed by atoms with van der Waals surface area (Å²) in [6.07, 6.45) is 0.858. The SMILES string of the molecule is O=C(O)c1coc(C(=O)N2CCOC(c3ccc(Br)cc3)C2)c1. The highest BCUT2D eigenvalue weighted by Crippen LogP contribution is 2.25. The zero-order valence-electron chi connectivity index (χ0n) is 12.1. The number of morpholine rings is 1. The number of hydrogen-bond acceptors (Lipinski definition) is 4. The van der Waals surface area contributed by atoms with E-state index in [1.54, 1.807) is 4.90 Å². The lowest BCUT2D eigenvalue weighted by Gasteiger charge is -2.32. The first-order chi connectivity index (χ1) is 11.0. The summed E-state index contributed by atoms with van der Waals surface area (Å²) in [7, 11) is 0. The van der Waals surface area contributed by atoms with E-state index in [0.717, 1.165) is 16.3 Å². The monoisotopic (exact) mass is 379 g/mol. The molecule has 1 atom stereocenters. The molecule has 0 radical (unpaired) electrons. The van der Waals surface area contributed by atoms with Gasteiger partial charge in [-0.2, -0.15) is 0 Å². The van der Waals surface area contributed by atoms with Crippen LogP contribution in [0.25, 0.3) is 0 Å². The van der Waals surface area contributed by atoms with Crippen LogP contribution in [0.2, 0.25) is 0 Å². The maximum Gasteiger partial charge on any atom is 0.338 e. The van der Waals surface area contributed by atoms with Gasteiger partial charge in [0.2, 0.25) is 0 Å². The summed E-state index contributed by atoms with van der Waals surface area (Å²) in [5, 5.41) is 8.89. The molecule has 120 valence electrons. The highest BCUT2D eigenvalue weighted by molar-refractivity contribution is 9.10. The van der Waals surface area contributed by atoms with Crippen LogP contribution in [0, 0.1) is 0 Å². The minimum absolute atomic E-state index is 0.0267. The average molecular weight is 380 g/mol. The fourth-order valence-corrected chi connectivity index (χ4v) is 2.69. The topological polar surface area (TPSA) is 80.0 Å². The molecule has 1 N–H and O–H groups in total. The standard InChI is InChI=1S/C16H14BrNO5/c17-12-3-1-10(2-4-12)14-8-18(5-6-22-14)15(19)13-7-11(9-23-13)16(20)21/h1-4,7,9,14H,5-6,8H2,(H,20,21). The van der Waals surface area contributed by atoms with Gasteiger partial charge in [0.05, 0.1) is 18.7 Å². The molecule has 23 heavy (non-hydrogen) atoms. The highest BCUT2D eigenvalue weighted by Gasteiger charge is 2.28.